The van der Waals surface area contributed by atoms with Gasteiger partial charge in [-0.05, 0) is 38.5 Å². The fourth-order valence-corrected chi connectivity index (χ4v) is 4.02. The maximum atomic E-state index is 12.1. The first-order chi connectivity index (χ1) is 10.6. The van der Waals surface area contributed by atoms with Crippen LogP contribution in [0.1, 0.15) is 37.1 Å². The molecule has 0 aliphatic carbocycles. The van der Waals surface area contributed by atoms with E-state index in [-0.39, 0.29) is 18.1 Å². The molecule has 1 aliphatic rings. The van der Waals surface area contributed by atoms with E-state index >= 15 is 0 Å². The van der Waals surface area contributed by atoms with Gasteiger partial charge >= 0.3 is 6.03 Å². The van der Waals surface area contributed by atoms with Gasteiger partial charge in [-0.2, -0.15) is 11.8 Å². The zero-order chi connectivity index (χ0) is 15.5. The Kier molecular flexibility index (Phi) is 4.62. The number of carbonyl (C=O) groups is 1. The zero-order valence-corrected chi connectivity index (χ0v) is 13.8. The van der Waals surface area contributed by atoms with Gasteiger partial charge in [0, 0.05) is 22.7 Å². The summed E-state index contributed by atoms with van der Waals surface area (Å²) in [5.41, 5.74) is 1.96. The lowest BCUT2D eigenvalue weighted by Gasteiger charge is -2.23. The van der Waals surface area contributed by atoms with Crippen molar-refractivity contribution >= 4 is 28.8 Å². The molecular formula is C17H22N2O2S. The van der Waals surface area contributed by atoms with E-state index < -0.39 is 0 Å². The van der Waals surface area contributed by atoms with Crippen molar-refractivity contribution in [2.45, 2.75) is 38.8 Å². The maximum Gasteiger partial charge on any atom is 0.315 e. The van der Waals surface area contributed by atoms with Gasteiger partial charge in [-0.1, -0.05) is 18.2 Å². The Hall–Kier alpha value is -1.62. The quantitative estimate of drug-likeness (QED) is 0.899. The highest BCUT2D eigenvalue weighted by Gasteiger charge is 2.20. The summed E-state index contributed by atoms with van der Waals surface area (Å²) >= 11 is 1.90. The highest BCUT2D eigenvalue weighted by Crippen LogP contribution is 2.29. The van der Waals surface area contributed by atoms with Gasteiger partial charge in [0.25, 0.3) is 0 Å². The van der Waals surface area contributed by atoms with E-state index in [4.69, 9.17) is 4.42 Å². The highest BCUT2D eigenvalue weighted by atomic mass is 32.2. The van der Waals surface area contributed by atoms with E-state index in [1.54, 1.807) is 0 Å². The van der Waals surface area contributed by atoms with Crippen molar-refractivity contribution in [1.29, 1.82) is 0 Å². The molecule has 2 atom stereocenters. The number of nitrogens with one attached hydrogen (secondary N) is 2. The van der Waals surface area contributed by atoms with Gasteiger partial charge in [-0.25, -0.2) is 4.79 Å². The fraction of sp³-hybridized carbons (Fsp3) is 0.471. The van der Waals surface area contributed by atoms with E-state index in [9.17, 15) is 4.79 Å². The molecule has 22 heavy (non-hydrogen) atoms. The summed E-state index contributed by atoms with van der Waals surface area (Å²) in [5.74, 6) is 3.04. The topological polar surface area (TPSA) is 54.3 Å². The zero-order valence-electron chi connectivity index (χ0n) is 13.0. The molecule has 1 unspecified atom stereocenters. The summed E-state index contributed by atoms with van der Waals surface area (Å²) in [5, 5.41) is 7.16. The second-order valence-electron chi connectivity index (χ2n) is 5.84. The number of amides is 2. The number of aryl methyl sites for hydroxylation is 1. The van der Waals surface area contributed by atoms with Crippen LogP contribution in [0.4, 0.5) is 4.79 Å². The van der Waals surface area contributed by atoms with Crippen LogP contribution in [0.15, 0.2) is 28.7 Å². The van der Waals surface area contributed by atoms with Crippen molar-refractivity contribution in [3.8, 4) is 0 Å². The van der Waals surface area contributed by atoms with Crippen molar-refractivity contribution in [3.05, 3.63) is 35.6 Å². The lowest BCUT2D eigenvalue weighted by atomic mass is 10.1. The number of para-hydroxylation sites is 1. The predicted octanol–water partition coefficient (Wildman–Crippen LogP) is 4.00. The first-order valence-corrected chi connectivity index (χ1v) is 8.93. The van der Waals surface area contributed by atoms with E-state index in [0.717, 1.165) is 34.5 Å². The molecule has 0 saturated carbocycles. The predicted molar refractivity (Wildman–Crippen MR) is 91.4 cm³/mol. The molecule has 2 amide bonds. The fourth-order valence-electron chi connectivity index (χ4n) is 2.95. The number of thioether (sulfide) groups is 1. The molecule has 0 radical (unpaired) electrons. The Morgan fingerprint density at radius 2 is 2.23 bits per heavy atom. The lowest BCUT2D eigenvalue weighted by molar-refractivity contribution is 0.232. The molecule has 5 heteroatoms. The minimum absolute atomic E-state index is 0.111. The number of benzene rings is 1. The highest BCUT2D eigenvalue weighted by molar-refractivity contribution is 7.99. The van der Waals surface area contributed by atoms with Gasteiger partial charge in [-0.3, -0.25) is 0 Å². The minimum atomic E-state index is -0.149. The molecule has 1 aromatic heterocycles. The Balaban J connectivity index is 1.66. The smallest absolute Gasteiger partial charge is 0.315 e. The molecule has 1 saturated heterocycles. The average Bonchev–Trinajstić information content (AvgIpc) is 2.86. The summed E-state index contributed by atoms with van der Waals surface area (Å²) in [4.78, 5) is 12.1. The van der Waals surface area contributed by atoms with Crippen LogP contribution in [0.2, 0.25) is 0 Å². The van der Waals surface area contributed by atoms with Gasteiger partial charge in [-0.15, -0.1) is 0 Å². The van der Waals surface area contributed by atoms with Gasteiger partial charge in [0.2, 0.25) is 0 Å². The van der Waals surface area contributed by atoms with Crippen molar-refractivity contribution in [2.75, 3.05) is 11.5 Å². The lowest BCUT2D eigenvalue weighted by Crippen LogP contribution is -2.45. The summed E-state index contributed by atoms with van der Waals surface area (Å²) in [6.07, 6.45) is 2.24. The third-order valence-electron chi connectivity index (χ3n) is 4.12. The largest absolute Gasteiger partial charge is 0.459 e. The summed E-state index contributed by atoms with van der Waals surface area (Å²) in [6, 6.07) is 7.98. The monoisotopic (exact) mass is 318 g/mol. The molecule has 0 bridgehead atoms. The molecule has 3 rings (SSSR count). The maximum absolute atomic E-state index is 12.1. The molecule has 118 valence electrons. The number of hydrogen-bond acceptors (Lipinski definition) is 3. The number of rotatable bonds is 3. The second-order valence-corrected chi connectivity index (χ2v) is 6.99. The first kappa shape index (κ1) is 15.3. The number of fused-ring (bicyclic) bond motifs is 1. The molecule has 2 N–H and O–H groups in total. The number of furan rings is 1. The Labute approximate surface area is 135 Å². The summed E-state index contributed by atoms with van der Waals surface area (Å²) < 4.78 is 5.90. The van der Waals surface area contributed by atoms with E-state index in [1.807, 2.05) is 49.9 Å². The van der Waals surface area contributed by atoms with Crippen molar-refractivity contribution in [3.63, 3.8) is 0 Å². The third-order valence-corrected chi connectivity index (χ3v) is 5.33. The minimum Gasteiger partial charge on any atom is -0.459 e. The van der Waals surface area contributed by atoms with Crippen LogP contribution in [-0.4, -0.2) is 23.6 Å². The second kappa shape index (κ2) is 6.65. The molecule has 1 aliphatic heterocycles. The van der Waals surface area contributed by atoms with Crippen LogP contribution in [-0.2, 0) is 0 Å². The van der Waals surface area contributed by atoms with Crippen LogP contribution in [0, 0.1) is 6.92 Å². The summed E-state index contributed by atoms with van der Waals surface area (Å²) in [6.45, 7) is 3.99. The summed E-state index contributed by atoms with van der Waals surface area (Å²) in [7, 11) is 0. The molecular weight excluding hydrogens is 296 g/mol. The van der Waals surface area contributed by atoms with Gasteiger partial charge in [0.1, 0.15) is 11.3 Å². The van der Waals surface area contributed by atoms with Crippen LogP contribution < -0.4 is 10.6 Å². The van der Waals surface area contributed by atoms with Crippen LogP contribution >= 0.6 is 11.8 Å². The van der Waals surface area contributed by atoms with E-state index in [1.165, 1.54) is 12.2 Å². The number of hydrogen-bond donors (Lipinski definition) is 2. The van der Waals surface area contributed by atoms with Gasteiger partial charge in [0.05, 0.1) is 6.04 Å². The molecule has 1 aromatic carbocycles. The molecule has 1 fully saturated rings. The third kappa shape index (κ3) is 3.24. The SMILES string of the molecule is Cc1c([C@@H](C)NC(=O)NC2CCCSC2)oc2ccccc12. The van der Waals surface area contributed by atoms with E-state index in [2.05, 4.69) is 10.6 Å². The Bertz CT molecular complexity index is 662. The molecule has 0 spiro atoms. The van der Waals surface area contributed by atoms with Crippen LogP contribution in [0.5, 0.6) is 0 Å². The number of carbonyl (C=O) groups excluding carboxylic acids is 1. The van der Waals surface area contributed by atoms with E-state index in [0.29, 0.717) is 0 Å². The Morgan fingerprint density at radius 1 is 1.41 bits per heavy atom. The molecule has 2 aromatic rings. The van der Waals surface area contributed by atoms with Crippen molar-refractivity contribution < 1.29 is 9.21 Å². The number of urea groups is 1. The van der Waals surface area contributed by atoms with Crippen LogP contribution in [0.3, 0.4) is 0 Å². The Morgan fingerprint density at radius 3 is 2.95 bits per heavy atom. The molecule has 4 nitrogen and oxygen atoms in total. The van der Waals surface area contributed by atoms with Gasteiger partial charge < -0.3 is 15.1 Å². The normalized spacial score (nSPS) is 19.8. The van der Waals surface area contributed by atoms with Crippen molar-refractivity contribution in [2.24, 2.45) is 0 Å². The van der Waals surface area contributed by atoms with Gasteiger partial charge in [0.15, 0.2) is 0 Å². The first-order valence-electron chi connectivity index (χ1n) is 7.78. The molecule has 2 heterocycles. The van der Waals surface area contributed by atoms with Crippen LogP contribution in [0.25, 0.3) is 11.0 Å². The van der Waals surface area contributed by atoms with Crippen molar-refractivity contribution in [1.82, 2.24) is 10.6 Å². The average molecular weight is 318 g/mol. The standard InChI is InChI=1S/C17H22N2O2S/c1-11-14-7-3-4-8-15(14)21-16(11)12(2)18-17(20)19-13-6-5-9-22-10-13/h3-4,7-8,12-13H,5-6,9-10H2,1-2H3,(H2,18,19,20)/t12-,13?/m1/s1.